The Morgan fingerprint density at radius 1 is 1.25 bits per heavy atom. The van der Waals surface area contributed by atoms with Gasteiger partial charge in [-0.3, -0.25) is 15.0 Å². The first-order valence-electron chi connectivity index (χ1n) is 6.82. The van der Waals surface area contributed by atoms with Crippen LogP contribution in [0.5, 0.6) is 6.01 Å². The summed E-state index contributed by atoms with van der Waals surface area (Å²) in [6.45, 7) is 9.92. The molecule has 1 aromatic heterocycles. The number of nitrogens with one attached hydrogen (secondary N) is 1. The summed E-state index contributed by atoms with van der Waals surface area (Å²) in [4.78, 5) is 26.3. The maximum absolute atomic E-state index is 11.9. The van der Waals surface area contributed by atoms with Crippen molar-refractivity contribution in [2.45, 2.75) is 33.6 Å². The van der Waals surface area contributed by atoms with Gasteiger partial charge in [-0.2, -0.15) is 15.0 Å². The van der Waals surface area contributed by atoms with E-state index >= 15 is 0 Å². The monoisotopic (exact) mass is 281 g/mol. The van der Waals surface area contributed by atoms with Crippen molar-refractivity contribution in [1.82, 2.24) is 19.9 Å². The summed E-state index contributed by atoms with van der Waals surface area (Å²) in [6, 6.07) is 0.210. The molecule has 0 aliphatic carbocycles. The molecule has 0 saturated heterocycles. The number of nitrogens with zero attached hydrogens (tertiary/aromatic N) is 4. The van der Waals surface area contributed by atoms with Gasteiger partial charge in [-0.05, 0) is 13.1 Å². The minimum atomic E-state index is -0.142. The summed E-state index contributed by atoms with van der Waals surface area (Å²) < 4.78 is 5.03. The van der Waals surface area contributed by atoms with Gasteiger partial charge in [0.15, 0.2) is 0 Å². The minimum Gasteiger partial charge on any atom is -0.467 e. The SMILES string of the molecule is CCN(CC)CC(=O)Nc1nc(OC)nc(C(C)C)n1. The van der Waals surface area contributed by atoms with Crippen LogP contribution in [0.3, 0.4) is 0 Å². The largest absolute Gasteiger partial charge is 0.467 e. The van der Waals surface area contributed by atoms with Gasteiger partial charge in [-0.1, -0.05) is 27.7 Å². The summed E-state index contributed by atoms with van der Waals surface area (Å²) >= 11 is 0. The molecule has 112 valence electrons. The second-order valence-electron chi connectivity index (χ2n) is 4.67. The highest BCUT2D eigenvalue weighted by atomic mass is 16.5. The molecule has 0 aromatic carbocycles. The van der Waals surface area contributed by atoms with Crippen molar-refractivity contribution in [3.63, 3.8) is 0 Å². The summed E-state index contributed by atoms with van der Waals surface area (Å²) in [5.74, 6) is 0.815. The highest BCUT2D eigenvalue weighted by Crippen LogP contribution is 2.14. The number of hydrogen-bond acceptors (Lipinski definition) is 6. The van der Waals surface area contributed by atoms with Crippen molar-refractivity contribution in [2.24, 2.45) is 0 Å². The van der Waals surface area contributed by atoms with E-state index in [0.29, 0.717) is 12.4 Å². The van der Waals surface area contributed by atoms with E-state index in [1.54, 1.807) is 0 Å². The topological polar surface area (TPSA) is 80.2 Å². The molecule has 0 aliphatic heterocycles. The van der Waals surface area contributed by atoms with E-state index in [0.717, 1.165) is 13.1 Å². The van der Waals surface area contributed by atoms with Crippen molar-refractivity contribution in [3.8, 4) is 6.01 Å². The zero-order valence-electron chi connectivity index (χ0n) is 12.8. The Labute approximate surface area is 119 Å². The Kier molecular flexibility index (Phi) is 6.30. The Morgan fingerprint density at radius 2 is 1.90 bits per heavy atom. The molecule has 1 rings (SSSR count). The normalized spacial score (nSPS) is 10.9. The maximum atomic E-state index is 11.9. The lowest BCUT2D eigenvalue weighted by Gasteiger charge is -2.17. The lowest BCUT2D eigenvalue weighted by molar-refractivity contribution is -0.117. The van der Waals surface area contributed by atoms with Gasteiger partial charge in [0.2, 0.25) is 11.9 Å². The molecule has 0 aliphatic rings. The van der Waals surface area contributed by atoms with E-state index in [9.17, 15) is 4.79 Å². The molecule has 1 heterocycles. The summed E-state index contributed by atoms with van der Waals surface area (Å²) in [5.41, 5.74) is 0. The van der Waals surface area contributed by atoms with Gasteiger partial charge in [-0.25, -0.2) is 0 Å². The van der Waals surface area contributed by atoms with E-state index in [1.807, 2.05) is 32.6 Å². The van der Waals surface area contributed by atoms with Gasteiger partial charge >= 0.3 is 6.01 Å². The lowest BCUT2D eigenvalue weighted by Crippen LogP contribution is -2.33. The molecule has 7 nitrogen and oxygen atoms in total. The van der Waals surface area contributed by atoms with Crippen molar-refractivity contribution in [1.29, 1.82) is 0 Å². The average molecular weight is 281 g/mol. The van der Waals surface area contributed by atoms with E-state index < -0.39 is 0 Å². The van der Waals surface area contributed by atoms with Crippen molar-refractivity contribution < 1.29 is 9.53 Å². The van der Waals surface area contributed by atoms with Crippen LogP contribution >= 0.6 is 0 Å². The number of likely N-dealkylation sites (N-methyl/N-ethyl adjacent to an activating group) is 1. The molecule has 0 radical (unpaired) electrons. The van der Waals surface area contributed by atoms with Gasteiger partial charge in [0, 0.05) is 5.92 Å². The molecule has 20 heavy (non-hydrogen) atoms. The fourth-order valence-corrected chi connectivity index (χ4v) is 1.59. The smallest absolute Gasteiger partial charge is 0.321 e. The van der Waals surface area contributed by atoms with Crippen LogP contribution in [0.15, 0.2) is 0 Å². The number of ether oxygens (including phenoxy) is 1. The number of carbonyl (C=O) groups is 1. The van der Waals surface area contributed by atoms with Crippen LogP contribution in [0.4, 0.5) is 5.95 Å². The Balaban J connectivity index is 2.80. The van der Waals surface area contributed by atoms with E-state index in [-0.39, 0.29) is 23.8 Å². The number of methoxy groups -OCH3 is 1. The summed E-state index contributed by atoms with van der Waals surface area (Å²) in [5, 5.41) is 2.69. The van der Waals surface area contributed by atoms with Gasteiger partial charge in [0.1, 0.15) is 5.82 Å². The number of aromatic nitrogens is 3. The Morgan fingerprint density at radius 3 is 2.40 bits per heavy atom. The lowest BCUT2D eigenvalue weighted by atomic mass is 10.2. The number of amides is 1. The van der Waals surface area contributed by atoms with Crippen LogP contribution in [-0.2, 0) is 4.79 Å². The zero-order chi connectivity index (χ0) is 15.1. The second kappa shape index (κ2) is 7.74. The van der Waals surface area contributed by atoms with Crippen molar-refractivity contribution in [3.05, 3.63) is 5.82 Å². The van der Waals surface area contributed by atoms with E-state index in [2.05, 4.69) is 20.3 Å². The van der Waals surface area contributed by atoms with Crippen LogP contribution in [-0.4, -0.2) is 52.5 Å². The summed E-state index contributed by atoms with van der Waals surface area (Å²) in [7, 11) is 1.49. The first kappa shape index (κ1) is 16.3. The molecule has 0 atom stereocenters. The fraction of sp³-hybridized carbons (Fsp3) is 0.692. The minimum absolute atomic E-state index is 0.130. The third kappa shape index (κ3) is 4.73. The van der Waals surface area contributed by atoms with Crippen molar-refractivity contribution in [2.75, 3.05) is 32.1 Å². The molecule has 0 bridgehead atoms. The Hall–Kier alpha value is -1.76. The highest BCUT2D eigenvalue weighted by molar-refractivity contribution is 5.90. The fourth-order valence-electron chi connectivity index (χ4n) is 1.59. The van der Waals surface area contributed by atoms with Crippen LogP contribution in [0.25, 0.3) is 0 Å². The first-order valence-corrected chi connectivity index (χ1v) is 6.82. The molecule has 7 heteroatoms. The van der Waals surface area contributed by atoms with Gasteiger partial charge in [-0.15, -0.1) is 0 Å². The van der Waals surface area contributed by atoms with E-state index in [1.165, 1.54) is 7.11 Å². The maximum Gasteiger partial charge on any atom is 0.321 e. The number of carbonyl (C=O) groups excluding carboxylic acids is 1. The molecule has 1 N–H and O–H groups in total. The highest BCUT2D eigenvalue weighted by Gasteiger charge is 2.13. The second-order valence-corrected chi connectivity index (χ2v) is 4.67. The van der Waals surface area contributed by atoms with Crippen LogP contribution in [0.1, 0.15) is 39.4 Å². The van der Waals surface area contributed by atoms with Crippen molar-refractivity contribution >= 4 is 11.9 Å². The third-order valence-corrected chi connectivity index (χ3v) is 2.84. The number of hydrogen-bond donors (Lipinski definition) is 1. The first-order chi connectivity index (χ1) is 9.49. The molecule has 0 unspecified atom stereocenters. The standard InChI is InChI=1S/C13H23N5O2/c1-6-18(7-2)8-10(19)14-12-15-11(9(3)4)16-13(17-12)20-5/h9H,6-8H2,1-5H3,(H,14,15,16,17,19). The number of anilines is 1. The third-order valence-electron chi connectivity index (χ3n) is 2.84. The quantitative estimate of drug-likeness (QED) is 0.811. The molecule has 0 spiro atoms. The van der Waals surface area contributed by atoms with Crippen LogP contribution in [0, 0.1) is 0 Å². The van der Waals surface area contributed by atoms with Crippen LogP contribution in [0.2, 0.25) is 0 Å². The molecule has 1 amide bonds. The Bertz CT molecular complexity index is 446. The summed E-state index contributed by atoms with van der Waals surface area (Å²) in [6.07, 6.45) is 0. The molecule has 0 fully saturated rings. The predicted octanol–water partition coefficient (Wildman–Crippen LogP) is 1.28. The molecule has 1 aromatic rings. The zero-order valence-corrected chi connectivity index (χ0v) is 12.8. The van der Waals surface area contributed by atoms with Gasteiger partial charge < -0.3 is 4.74 Å². The van der Waals surface area contributed by atoms with E-state index in [4.69, 9.17) is 4.74 Å². The predicted molar refractivity (Wildman–Crippen MR) is 76.9 cm³/mol. The number of rotatable bonds is 7. The average Bonchev–Trinajstić information content (AvgIpc) is 2.44. The molecular weight excluding hydrogens is 258 g/mol. The van der Waals surface area contributed by atoms with Gasteiger partial charge in [0.25, 0.3) is 0 Å². The van der Waals surface area contributed by atoms with Crippen LogP contribution < -0.4 is 10.1 Å². The van der Waals surface area contributed by atoms with Gasteiger partial charge in [0.05, 0.1) is 13.7 Å². The molecular formula is C13H23N5O2. The molecule has 0 saturated carbocycles.